The van der Waals surface area contributed by atoms with Gasteiger partial charge >= 0.3 is 0 Å². The Morgan fingerprint density at radius 3 is 2.68 bits per heavy atom. The summed E-state index contributed by atoms with van der Waals surface area (Å²) in [7, 11) is 1.83. The second kappa shape index (κ2) is 12.2. The lowest BCUT2D eigenvalue weighted by molar-refractivity contribution is 0.309. The van der Waals surface area contributed by atoms with Crippen LogP contribution in [0.5, 0.6) is 5.75 Å². The summed E-state index contributed by atoms with van der Waals surface area (Å²) in [5.74, 6) is 1.86. The van der Waals surface area contributed by atoms with E-state index in [1.807, 2.05) is 36.6 Å². The lowest BCUT2D eigenvalue weighted by atomic mass is 10.1. The van der Waals surface area contributed by atoms with Crippen LogP contribution in [0.4, 0.5) is 5.00 Å². The molecule has 0 radical (unpaired) electrons. The van der Waals surface area contributed by atoms with Crippen LogP contribution in [0.1, 0.15) is 24.8 Å². The topological polar surface area (TPSA) is 48.9 Å². The molecule has 1 fully saturated rings. The van der Waals surface area contributed by atoms with Crippen LogP contribution in [0.25, 0.3) is 0 Å². The van der Waals surface area contributed by atoms with Crippen molar-refractivity contribution in [1.29, 1.82) is 0 Å². The summed E-state index contributed by atoms with van der Waals surface area (Å²) in [6, 6.07) is 12.9. The number of piperidine rings is 1. The van der Waals surface area contributed by atoms with Gasteiger partial charge in [-0.1, -0.05) is 18.2 Å². The molecule has 1 aliphatic heterocycles. The first-order chi connectivity index (χ1) is 13.3. The smallest absolute Gasteiger partial charge is 0.191 e. The van der Waals surface area contributed by atoms with E-state index in [9.17, 15) is 0 Å². The van der Waals surface area contributed by atoms with Crippen LogP contribution in [-0.4, -0.2) is 45.3 Å². The molecule has 1 aromatic heterocycles. The molecule has 0 spiro atoms. The van der Waals surface area contributed by atoms with Crippen molar-refractivity contribution in [2.75, 3.05) is 38.2 Å². The van der Waals surface area contributed by atoms with Crippen molar-refractivity contribution in [3.63, 3.8) is 0 Å². The summed E-state index contributed by atoms with van der Waals surface area (Å²) >= 11 is 1.82. The van der Waals surface area contributed by atoms with Gasteiger partial charge in [-0.25, -0.2) is 0 Å². The van der Waals surface area contributed by atoms with Crippen molar-refractivity contribution in [2.45, 2.75) is 32.2 Å². The highest BCUT2D eigenvalue weighted by Crippen LogP contribution is 2.24. The summed E-state index contributed by atoms with van der Waals surface area (Å²) in [5.41, 5.74) is 1.18. The third kappa shape index (κ3) is 6.84. The molecule has 0 saturated carbocycles. The molecule has 0 amide bonds. The lowest BCUT2D eigenvalue weighted by Gasteiger charge is -2.33. The predicted molar refractivity (Wildman–Crippen MR) is 131 cm³/mol. The highest BCUT2D eigenvalue weighted by atomic mass is 127. The molecule has 1 aliphatic rings. The van der Waals surface area contributed by atoms with E-state index < -0.39 is 0 Å². The average molecular weight is 514 g/mol. The van der Waals surface area contributed by atoms with E-state index in [1.165, 1.54) is 10.6 Å². The van der Waals surface area contributed by atoms with Gasteiger partial charge in [-0.05, 0) is 55.3 Å². The fraction of sp³-hybridized carbons (Fsp3) is 0.476. The highest BCUT2D eigenvalue weighted by Gasteiger charge is 2.20. The quantitative estimate of drug-likeness (QED) is 0.251. The first-order valence-corrected chi connectivity index (χ1v) is 10.6. The van der Waals surface area contributed by atoms with Crippen LogP contribution >= 0.6 is 35.3 Å². The highest BCUT2D eigenvalue weighted by molar-refractivity contribution is 14.0. The number of nitrogens with one attached hydrogen (secondary N) is 2. The molecule has 0 bridgehead atoms. The lowest BCUT2D eigenvalue weighted by Crippen LogP contribution is -2.48. The summed E-state index contributed by atoms with van der Waals surface area (Å²) < 4.78 is 5.84. The van der Waals surface area contributed by atoms with Gasteiger partial charge in [-0.3, -0.25) is 4.99 Å². The van der Waals surface area contributed by atoms with Crippen LogP contribution < -0.4 is 20.3 Å². The molecule has 5 nitrogen and oxygen atoms in total. The summed E-state index contributed by atoms with van der Waals surface area (Å²) in [6.45, 7) is 5.82. The molecule has 3 rings (SSSR count). The SMILES string of the molecule is CN=C(NCCCOc1ccccc1C)NC1CCN(c2cccs2)CC1.I. The molecule has 154 valence electrons. The standard InChI is InChI=1S/C21H30N4OS.HI/c1-17-7-3-4-8-19(17)26-15-6-12-23-21(22-2)24-18-10-13-25(14-11-18)20-9-5-16-27-20;/h3-5,7-9,16,18H,6,10-15H2,1-2H3,(H2,22,23,24);1H. The Labute approximate surface area is 189 Å². The maximum atomic E-state index is 5.84. The van der Waals surface area contributed by atoms with Crippen molar-refractivity contribution in [3.05, 3.63) is 47.3 Å². The van der Waals surface area contributed by atoms with Gasteiger partial charge in [-0.15, -0.1) is 35.3 Å². The van der Waals surface area contributed by atoms with Crippen molar-refractivity contribution >= 4 is 46.3 Å². The van der Waals surface area contributed by atoms with E-state index in [4.69, 9.17) is 4.74 Å². The molecular formula is C21H31IN4OS. The number of nitrogens with zero attached hydrogens (tertiary/aromatic N) is 2. The molecule has 7 heteroatoms. The zero-order valence-corrected chi connectivity index (χ0v) is 19.8. The zero-order chi connectivity index (χ0) is 18.9. The first kappa shape index (κ1) is 22.8. The van der Waals surface area contributed by atoms with Crippen molar-refractivity contribution in [2.24, 2.45) is 4.99 Å². The number of guanidine groups is 1. The van der Waals surface area contributed by atoms with E-state index >= 15 is 0 Å². The molecule has 2 heterocycles. The summed E-state index contributed by atoms with van der Waals surface area (Å²) in [4.78, 5) is 6.84. The number of para-hydroxylation sites is 1. The molecule has 0 unspecified atom stereocenters. The monoisotopic (exact) mass is 514 g/mol. The van der Waals surface area contributed by atoms with Gasteiger partial charge in [0.05, 0.1) is 11.6 Å². The molecular weight excluding hydrogens is 483 g/mol. The van der Waals surface area contributed by atoms with E-state index in [-0.39, 0.29) is 24.0 Å². The van der Waals surface area contributed by atoms with E-state index in [0.29, 0.717) is 12.6 Å². The molecule has 28 heavy (non-hydrogen) atoms. The van der Waals surface area contributed by atoms with Crippen LogP contribution in [-0.2, 0) is 0 Å². The third-order valence-electron chi connectivity index (χ3n) is 4.84. The minimum absolute atomic E-state index is 0. The number of aryl methyl sites for hydroxylation is 1. The Hall–Kier alpha value is -1.48. The normalized spacial score (nSPS) is 15.1. The summed E-state index contributed by atoms with van der Waals surface area (Å²) in [6.07, 6.45) is 3.20. The number of anilines is 1. The Bertz CT molecular complexity index is 715. The van der Waals surface area contributed by atoms with Gasteiger partial charge in [0, 0.05) is 32.7 Å². The number of rotatable bonds is 7. The molecule has 0 atom stereocenters. The Balaban J connectivity index is 0.00000280. The fourth-order valence-corrected chi connectivity index (χ4v) is 4.05. The number of ether oxygens (including phenoxy) is 1. The van der Waals surface area contributed by atoms with Gasteiger partial charge in [0.25, 0.3) is 0 Å². The predicted octanol–water partition coefficient (Wildman–Crippen LogP) is 4.28. The number of benzene rings is 1. The second-order valence-corrected chi connectivity index (χ2v) is 7.75. The van der Waals surface area contributed by atoms with Gasteiger partial charge < -0.3 is 20.3 Å². The molecule has 1 saturated heterocycles. The average Bonchev–Trinajstić information content (AvgIpc) is 3.23. The number of thiophene rings is 1. The zero-order valence-electron chi connectivity index (χ0n) is 16.7. The molecule has 1 aromatic carbocycles. The van der Waals surface area contributed by atoms with Crippen molar-refractivity contribution in [3.8, 4) is 5.75 Å². The largest absolute Gasteiger partial charge is 0.493 e. The number of hydrogen-bond acceptors (Lipinski definition) is 4. The van der Waals surface area contributed by atoms with Crippen molar-refractivity contribution < 1.29 is 4.74 Å². The minimum Gasteiger partial charge on any atom is -0.493 e. The molecule has 2 N–H and O–H groups in total. The van der Waals surface area contributed by atoms with E-state index in [0.717, 1.165) is 50.6 Å². The maximum absolute atomic E-state index is 5.84. The third-order valence-corrected chi connectivity index (χ3v) is 5.77. The number of aliphatic imine (C=N–C) groups is 1. The van der Waals surface area contributed by atoms with Crippen LogP contribution in [0.15, 0.2) is 46.8 Å². The Kier molecular flexibility index (Phi) is 9.91. The van der Waals surface area contributed by atoms with Gasteiger partial charge in [-0.2, -0.15) is 0 Å². The maximum Gasteiger partial charge on any atom is 0.191 e. The first-order valence-electron chi connectivity index (χ1n) is 9.70. The summed E-state index contributed by atoms with van der Waals surface area (Å²) in [5, 5.41) is 10.5. The molecule has 0 aliphatic carbocycles. The van der Waals surface area contributed by atoms with Crippen LogP contribution in [0.3, 0.4) is 0 Å². The Morgan fingerprint density at radius 2 is 2.00 bits per heavy atom. The number of hydrogen-bond donors (Lipinski definition) is 2. The number of halogens is 1. The Morgan fingerprint density at radius 1 is 1.21 bits per heavy atom. The minimum atomic E-state index is 0. The van der Waals surface area contributed by atoms with Crippen LogP contribution in [0, 0.1) is 6.92 Å². The van der Waals surface area contributed by atoms with Crippen molar-refractivity contribution in [1.82, 2.24) is 10.6 Å². The van der Waals surface area contributed by atoms with Crippen LogP contribution in [0.2, 0.25) is 0 Å². The molecule has 2 aromatic rings. The van der Waals surface area contributed by atoms with E-state index in [1.54, 1.807) is 0 Å². The fourth-order valence-electron chi connectivity index (χ4n) is 3.26. The van der Waals surface area contributed by atoms with Gasteiger partial charge in [0.1, 0.15) is 5.75 Å². The van der Waals surface area contributed by atoms with E-state index in [2.05, 4.69) is 51.0 Å². The van der Waals surface area contributed by atoms with Gasteiger partial charge in [0.15, 0.2) is 5.96 Å². The second-order valence-electron chi connectivity index (χ2n) is 6.82. The van der Waals surface area contributed by atoms with Gasteiger partial charge in [0.2, 0.25) is 0 Å².